The molecule has 1 aromatic heterocycles. The summed E-state index contributed by atoms with van der Waals surface area (Å²) in [7, 11) is 0. The number of rotatable bonds is 5. The molecular weight excluding hydrogens is 342 g/mol. The van der Waals surface area contributed by atoms with Crippen LogP contribution in [0.15, 0.2) is 64.0 Å². The first-order chi connectivity index (χ1) is 13.2. The van der Waals surface area contributed by atoms with Crippen LogP contribution in [0.1, 0.15) is 25.7 Å². The van der Waals surface area contributed by atoms with Gasteiger partial charge in [0.1, 0.15) is 17.6 Å². The van der Waals surface area contributed by atoms with Crippen molar-refractivity contribution in [3.63, 3.8) is 0 Å². The van der Waals surface area contributed by atoms with Crippen LogP contribution in [0.2, 0.25) is 0 Å². The normalized spacial score (nSPS) is 14.4. The minimum Gasteiger partial charge on any atom is -0.484 e. The van der Waals surface area contributed by atoms with Gasteiger partial charge in [0.2, 0.25) is 0 Å². The van der Waals surface area contributed by atoms with Gasteiger partial charge in [-0.1, -0.05) is 43.2 Å². The van der Waals surface area contributed by atoms with Crippen LogP contribution < -0.4 is 15.5 Å². The zero-order chi connectivity index (χ0) is 18.6. The number of hydrogen-bond acceptors (Lipinski definition) is 4. The fourth-order valence-corrected chi connectivity index (χ4v) is 3.50. The lowest BCUT2D eigenvalue weighted by atomic mass is 10.1. The largest absolute Gasteiger partial charge is 0.484 e. The Kier molecular flexibility index (Phi) is 4.92. The summed E-state index contributed by atoms with van der Waals surface area (Å²) in [6, 6.07) is 14.7. The maximum Gasteiger partial charge on any atom is 0.258 e. The number of carbonyl (C=O) groups is 1. The van der Waals surface area contributed by atoms with Crippen LogP contribution in [0.4, 0.5) is 0 Å². The molecule has 2 aromatic carbocycles. The third kappa shape index (κ3) is 3.87. The number of amides is 1. The predicted molar refractivity (Wildman–Crippen MR) is 104 cm³/mol. The average Bonchev–Trinajstić information content (AvgIpc) is 3.20. The van der Waals surface area contributed by atoms with Crippen molar-refractivity contribution in [1.82, 2.24) is 5.32 Å². The molecule has 0 spiro atoms. The highest BCUT2D eigenvalue weighted by molar-refractivity contribution is 5.83. The van der Waals surface area contributed by atoms with Gasteiger partial charge in [-0.25, -0.2) is 0 Å². The molecule has 1 N–H and O–H groups in total. The first-order valence-corrected chi connectivity index (χ1v) is 9.24. The van der Waals surface area contributed by atoms with Crippen LogP contribution in [0.25, 0.3) is 22.1 Å². The maximum atomic E-state index is 12.7. The Balaban J connectivity index is 1.49. The van der Waals surface area contributed by atoms with Crippen LogP contribution in [0, 0.1) is 0 Å². The zero-order valence-electron chi connectivity index (χ0n) is 14.9. The van der Waals surface area contributed by atoms with E-state index < -0.39 is 0 Å². The quantitative estimate of drug-likeness (QED) is 0.746. The van der Waals surface area contributed by atoms with Crippen LogP contribution in [-0.2, 0) is 4.79 Å². The topological polar surface area (TPSA) is 68.5 Å². The average molecular weight is 363 g/mol. The summed E-state index contributed by atoms with van der Waals surface area (Å²) < 4.78 is 11.2. The van der Waals surface area contributed by atoms with E-state index in [1.165, 1.54) is 19.1 Å². The van der Waals surface area contributed by atoms with Gasteiger partial charge in [0.15, 0.2) is 12.0 Å². The SMILES string of the molecule is O=C(COc1ccc2c(=O)c(-c3ccccc3)coc2c1)NC1CCCC1. The van der Waals surface area contributed by atoms with Crippen molar-refractivity contribution in [3.05, 3.63) is 65.0 Å². The van der Waals surface area contributed by atoms with Crippen molar-refractivity contribution >= 4 is 16.9 Å². The molecule has 1 heterocycles. The van der Waals surface area contributed by atoms with E-state index in [9.17, 15) is 9.59 Å². The fraction of sp³-hybridized carbons (Fsp3) is 0.273. The molecule has 4 rings (SSSR count). The summed E-state index contributed by atoms with van der Waals surface area (Å²) in [5.74, 6) is 0.377. The van der Waals surface area contributed by atoms with Crippen molar-refractivity contribution in [2.45, 2.75) is 31.7 Å². The molecule has 0 unspecified atom stereocenters. The van der Waals surface area contributed by atoms with E-state index in [-0.39, 0.29) is 24.0 Å². The van der Waals surface area contributed by atoms with Crippen molar-refractivity contribution in [1.29, 1.82) is 0 Å². The van der Waals surface area contributed by atoms with Crippen LogP contribution in [0.3, 0.4) is 0 Å². The number of benzene rings is 2. The molecule has 0 radical (unpaired) electrons. The maximum absolute atomic E-state index is 12.7. The van der Waals surface area contributed by atoms with Crippen molar-refractivity contribution in [2.24, 2.45) is 0 Å². The monoisotopic (exact) mass is 363 g/mol. The van der Waals surface area contributed by atoms with E-state index in [4.69, 9.17) is 9.15 Å². The third-order valence-electron chi connectivity index (χ3n) is 4.92. The molecule has 1 fully saturated rings. The van der Waals surface area contributed by atoms with Crippen LogP contribution >= 0.6 is 0 Å². The summed E-state index contributed by atoms with van der Waals surface area (Å²) in [5, 5.41) is 3.47. The van der Waals surface area contributed by atoms with E-state index in [2.05, 4.69) is 5.32 Å². The van der Waals surface area contributed by atoms with E-state index in [0.29, 0.717) is 22.3 Å². The molecule has 0 atom stereocenters. The molecule has 138 valence electrons. The van der Waals surface area contributed by atoms with E-state index in [0.717, 1.165) is 18.4 Å². The summed E-state index contributed by atoms with van der Waals surface area (Å²) in [4.78, 5) is 24.7. The molecule has 1 amide bonds. The molecule has 1 aliphatic carbocycles. The van der Waals surface area contributed by atoms with Crippen molar-refractivity contribution in [2.75, 3.05) is 6.61 Å². The lowest BCUT2D eigenvalue weighted by Gasteiger charge is -2.12. The van der Waals surface area contributed by atoms with Gasteiger partial charge in [0.25, 0.3) is 5.91 Å². The first kappa shape index (κ1) is 17.3. The Bertz CT molecular complexity index is 1000. The highest BCUT2D eigenvalue weighted by Crippen LogP contribution is 2.23. The number of nitrogens with one attached hydrogen (secondary N) is 1. The summed E-state index contributed by atoms with van der Waals surface area (Å²) in [5.41, 5.74) is 1.69. The Hall–Kier alpha value is -3.08. The highest BCUT2D eigenvalue weighted by atomic mass is 16.5. The minimum atomic E-state index is -0.122. The molecule has 27 heavy (non-hydrogen) atoms. The molecule has 3 aromatic rings. The third-order valence-corrected chi connectivity index (χ3v) is 4.92. The standard InChI is InChI=1S/C22H21NO4/c24-21(23-16-8-4-5-9-16)14-26-17-10-11-18-20(12-17)27-13-19(22(18)25)15-6-2-1-3-7-15/h1-3,6-7,10-13,16H,4-5,8-9,14H2,(H,23,24). The predicted octanol–water partition coefficient (Wildman–Crippen LogP) is 3.90. The molecule has 1 aliphatic rings. The van der Waals surface area contributed by atoms with Gasteiger partial charge in [0, 0.05) is 12.1 Å². The van der Waals surface area contributed by atoms with Gasteiger partial charge in [-0.3, -0.25) is 9.59 Å². The Labute approximate surface area is 157 Å². The Morgan fingerprint density at radius 3 is 2.67 bits per heavy atom. The molecule has 0 saturated heterocycles. The molecule has 1 saturated carbocycles. The number of fused-ring (bicyclic) bond motifs is 1. The highest BCUT2D eigenvalue weighted by Gasteiger charge is 2.17. The van der Waals surface area contributed by atoms with Gasteiger partial charge in [0.05, 0.1) is 10.9 Å². The second-order valence-electron chi connectivity index (χ2n) is 6.84. The molecule has 0 bridgehead atoms. The lowest BCUT2D eigenvalue weighted by Crippen LogP contribution is -2.36. The van der Waals surface area contributed by atoms with Gasteiger partial charge in [-0.05, 0) is 30.5 Å². The van der Waals surface area contributed by atoms with Crippen molar-refractivity contribution < 1.29 is 13.9 Å². The summed E-state index contributed by atoms with van der Waals surface area (Å²) >= 11 is 0. The van der Waals surface area contributed by atoms with Gasteiger partial charge in [-0.2, -0.15) is 0 Å². The van der Waals surface area contributed by atoms with Crippen molar-refractivity contribution in [3.8, 4) is 16.9 Å². The van der Waals surface area contributed by atoms with Crippen LogP contribution in [-0.4, -0.2) is 18.6 Å². The lowest BCUT2D eigenvalue weighted by molar-refractivity contribution is -0.123. The molecular formula is C22H21NO4. The smallest absolute Gasteiger partial charge is 0.258 e. The van der Waals surface area contributed by atoms with E-state index in [1.54, 1.807) is 18.2 Å². The van der Waals surface area contributed by atoms with Gasteiger partial charge in [-0.15, -0.1) is 0 Å². The zero-order valence-corrected chi connectivity index (χ0v) is 14.9. The van der Waals surface area contributed by atoms with Crippen LogP contribution in [0.5, 0.6) is 5.75 Å². The second-order valence-corrected chi connectivity index (χ2v) is 6.84. The Morgan fingerprint density at radius 2 is 1.89 bits per heavy atom. The molecule has 0 aliphatic heterocycles. The second kappa shape index (κ2) is 7.66. The van der Waals surface area contributed by atoms with Gasteiger partial charge >= 0.3 is 0 Å². The van der Waals surface area contributed by atoms with E-state index in [1.807, 2.05) is 30.3 Å². The number of ether oxygens (including phenoxy) is 1. The van der Waals surface area contributed by atoms with Gasteiger partial charge < -0.3 is 14.5 Å². The Morgan fingerprint density at radius 1 is 1.11 bits per heavy atom. The minimum absolute atomic E-state index is 0.0473. The molecule has 5 heteroatoms. The first-order valence-electron chi connectivity index (χ1n) is 9.24. The fourth-order valence-electron chi connectivity index (χ4n) is 3.50. The number of carbonyl (C=O) groups excluding carboxylic acids is 1. The number of hydrogen-bond donors (Lipinski definition) is 1. The summed E-state index contributed by atoms with van der Waals surface area (Å²) in [6.07, 6.45) is 5.88. The summed E-state index contributed by atoms with van der Waals surface area (Å²) in [6.45, 7) is -0.0473. The van der Waals surface area contributed by atoms with E-state index >= 15 is 0 Å². The molecule has 5 nitrogen and oxygen atoms in total.